The van der Waals surface area contributed by atoms with E-state index < -0.39 is 17.9 Å². The van der Waals surface area contributed by atoms with Crippen LogP contribution in [0, 0.1) is 6.92 Å². The van der Waals surface area contributed by atoms with Crippen LogP contribution in [0.4, 0.5) is 4.39 Å². The van der Waals surface area contributed by atoms with Crippen LogP contribution in [0.2, 0.25) is 10.0 Å². The molecule has 8 heteroatoms. The number of aromatic nitrogens is 2. The minimum atomic E-state index is -1.17. The van der Waals surface area contributed by atoms with E-state index in [1.54, 1.807) is 36.9 Å². The summed E-state index contributed by atoms with van der Waals surface area (Å²) in [5.41, 5.74) is 2.45. The number of rotatable bonds is 7. The van der Waals surface area contributed by atoms with Gasteiger partial charge in [0.2, 0.25) is 5.79 Å². The maximum Gasteiger partial charge on any atom is 0.273 e. The number of nitrogens with zero attached hydrogens (tertiary/aromatic N) is 2. The summed E-state index contributed by atoms with van der Waals surface area (Å²) in [6, 6.07) is 11.9. The highest BCUT2D eigenvalue weighted by atomic mass is 35.5. The van der Waals surface area contributed by atoms with Gasteiger partial charge in [0.25, 0.3) is 6.01 Å². The van der Waals surface area contributed by atoms with E-state index in [9.17, 15) is 4.39 Å². The predicted octanol–water partition coefficient (Wildman–Crippen LogP) is 5.75. The first-order valence-electron chi connectivity index (χ1n) is 9.73. The number of ether oxygens (including phenoxy) is 3. The van der Waals surface area contributed by atoms with Crippen LogP contribution in [0.5, 0.6) is 0 Å². The molecule has 162 valence electrons. The van der Waals surface area contributed by atoms with E-state index in [2.05, 4.69) is 4.98 Å². The summed E-state index contributed by atoms with van der Waals surface area (Å²) >= 11 is 12.5. The Kier molecular flexibility index (Phi) is 6.62. The summed E-state index contributed by atoms with van der Waals surface area (Å²) in [7, 11) is 0. The first-order valence-corrected chi connectivity index (χ1v) is 10.5. The number of halogens is 3. The van der Waals surface area contributed by atoms with E-state index in [4.69, 9.17) is 37.4 Å². The van der Waals surface area contributed by atoms with E-state index in [0.29, 0.717) is 27.7 Å². The van der Waals surface area contributed by atoms with Gasteiger partial charge in [-0.05, 0) is 24.6 Å². The average molecular weight is 463 g/mol. The molecular formula is C23H21Cl2FN2O3. The molecule has 1 saturated heterocycles. The van der Waals surface area contributed by atoms with Gasteiger partial charge in [-0.15, -0.1) is 0 Å². The Hall–Kier alpha value is -2.38. The lowest BCUT2D eigenvalue weighted by Gasteiger charge is -2.29. The second kappa shape index (κ2) is 9.40. The topological polar surface area (TPSA) is 45.5 Å². The molecule has 0 saturated carbocycles. The third kappa shape index (κ3) is 5.28. The highest BCUT2D eigenvalue weighted by molar-refractivity contribution is 6.35. The van der Waals surface area contributed by atoms with E-state index in [1.807, 2.05) is 35.8 Å². The van der Waals surface area contributed by atoms with Crippen molar-refractivity contribution in [3.63, 3.8) is 0 Å². The fraction of sp³-hybridized carbons (Fsp3) is 0.261. The second-order valence-electron chi connectivity index (χ2n) is 7.33. The number of hydrogen-bond donors (Lipinski definition) is 0. The van der Waals surface area contributed by atoms with E-state index >= 15 is 0 Å². The van der Waals surface area contributed by atoms with Crippen molar-refractivity contribution in [1.29, 1.82) is 0 Å². The van der Waals surface area contributed by atoms with Gasteiger partial charge in [0, 0.05) is 29.1 Å². The summed E-state index contributed by atoms with van der Waals surface area (Å²) in [5.74, 6) is -1.17. The lowest BCUT2D eigenvalue weighted by molar-refractivity contribution is -0.190. The van der Waals surface area contributed by atoms with Crippen LogP contribution in [0.3, 0.4) is 0 Å². The molecule has 1 aliphatic heterocycles. The van der Waals surface area contributed by atoms with Crippen LogP contribution in [-0.4, -0.2) is 28.9 Å². The molecule has 3 aromatic rings. The van der Waals surface area contributed by atoms with Gasteiger partial charge in [-0.2, -0.15) is 4.39 Å². The molecule has 31 heavy (non-hydrogen) atoms. The van der Waals surface area contributed by atoms with Gasteiger partial charge in [-0.25, -0.2) is 4.98 Å². The predicted molar refractivity (Wildman–Crippen MR) is 117 cm³/mol. The molecule has 2 unspecified atom stereocenters. The van der Waals surface area contributed by atoms with Crippen molar-refractivity contribution in [3.05, 3.63) is 93.9 Å². The second-order valence-corrected chi connectivity index (χ2v) is 8.18. The van der Waals surface area contributed by atoms with Gasteiger partial charge in [0.1, 0.15) is 12.7 Å². The van der Waals surface area contributed by atoms with Crippen LogP contribution >= 0.6 is 23.2 Å². The van der Waals surface area contributed by atoms with Crippen LogP contribution in [0.15, 0.2) is 67.2 Å². The van der Waals surface area contributed by atoms with Gasteiger partial charge < -0.3 is 18.8 Å². The van der Waals surface area contributed by atoms with Gasteiger partial charge >= 0.3 is 0 Å². The summed E-state index contributed by atoms with van der Waals surface area (Å²) in [5, 5.41) is 0.923. The van der Waals surface area contributed by atoms with Crippen molar-refractivity contribution in [1.82, 2.24) is 9.55 Å². The Bertz CT molecular complexity index is 1060. The summed E-state index contributed by atoms with van der Waals surface area (Å²) in [6.45, 7) is 2.49. The van der Waals surface area contributed by atoms with Gasteiger partial charge in [-0.1, -0.05) is 59.1 Å². The van der Waals surface area contributed by atoms with E-state index in [1.165, 1.54) is 6.08 Å². The third-order valence-electron chi connectivity index (χ3n) is 4.92. The van der Waals surface area contributed by atoms with E-state index in [-0.39, 0.29) is 13.2 Å². The molecule has 0 amide bonds. The molecular weight excluding hydrogens is 442 g/mol. The van der Waals surface area contributed by atoms with Crippen molar-refractivity contribution in [2.24, 2.45) is 0 Å². The zero-order valence-corrected chi connectivity index (χ0v) is 18.3. The number of imidazole rings is 1. The minimum absolute atomic E-state index is 0.00885. The van der Waals surface area contributed by atoms with E-state index in [0.717, 1.165) is 5.56 Å². The molecule has 2 heterocycles. The summed E-state index contributed by atoms with van der Waals surface area (Å²) in [6.07, 6.45) is 5.97. The maximum atomic E-state index is 14.3. The highest BCUT2D eigenvalue weighted by Gasteiger charge is 2.45. The first kappa shape index (κ1) is 21.8. The summed E-state index contributed by atoms with van der Waals surface area (Å²) in [4.78, 5) is 4.07. The molecule has 1 aromatic heterocycles. The smallest absolute Gasteiger partial charge is 0.273 e. The molecule has 4 rings (SSSR count). The molecule has 2 aromatic carbocycles. The highest BCUT2D eigenvalue weighted by Crippen LogP contribution is 2.40. The Morgan fingerprint density at radius 1 is 1.29 bits per heavy atom. The molecule has 0 radical (unpaired) electrons. The van der Waals surface area contributed by atoms with Crippen molar-refractivity contribution in [2.75, 3.05) is 13.2 Å². The van der Waals surface area contributed by atoms with Crippen LogP contribution in [0.1, 0.15) is 16.7 Å². The minimum Gasteiger partial charge on any atom is -0.468 e. The van der Waals surface area contributed by atoms with Gasteiger partial charge in [0.15, 0.2) is 0 Å². The number of benzene rings is 2. The lowest BCUT2D eigenvalue weighted by atomic mass is 10.1. The van der Waals surface area contributed by atoms with Crippen LogP contribution in [0.25, 0.3) is 6.08 Å². The van der Waals surface area contributed by atoms with Crippen molar-refractivity contribution in [3.8, 4) is 0 Å². The molecule has 5 nitrogen and oxygen atoms in total. The SMILES string of the molecule is Cc1ccc(/C=C(\F)OCC2COC(Cn3ccnc3)(c3ccc(Cl)cc3Cl)O2)cc1. The standard InChI is InChI=1S/C23H21Cl2FN2O3/c1-16-2-4-17(5-3-16)10-22(26)29-12-19-13-30-23(31-19,14-28-9-8-27-15-28)20-7-6-18(24)11-21(20)25/h2-11,15,19H,12-14H2,1H3/b22-10+. The quantitative estimate of drug-likeness (QED) is 0.419. The van der Waals surface area contributed by atoms with Crippen LogP contribution in [-0.2, 0) is 26.5 Å². The van der Waals surface area contributed by atoms with Gasteiger partial charge in [0.05, 0.1) is 24.5 Å². The third-order valence-corrected chi connectivity index (χ3v) is 5.46. The Labute approximate surface area is 190 Å². The first-order chi connectivity index (χ1) is 14.9. The maximum absolute atomic E-state index is 14.3. The molecule has 1 fully saturated rings. The van der Waals surface area contributed by atoms with Crippen molar-refractivity contribution < 1.29 is 18.6 Å². The molecule has 0 spiro atoms. The normalized spacial score (nSPS) is 21.4. The average Bonchev–Trinajstić information content (AvgIpc) is 3.39. The zero-order valence-electron chi connectivity index (χ0n) is 16.8. The Morgan fingerprint density at radius 2 is 2.10 bits per heavy atom. The lowest BCUT2D eigenvalue weighted by Crippen LogP contribution is -2.34. The fourth-order valence-corrected chi connectivity index (χ4v) is 3.94. The van der Waals surface area contributed by atoms with Crippen molar-refractivity contribution >= 4 is 29.3 Å². The molecule has 0 bridgehead atoms. The number of hydrogen-bond acceptors (Lipinski definition) is 4. The molecule has 0 N–H and O–H groups in total. The zero-order chi connectivity index (χ0) is 21.8. The van der Waals surface area contributed by atoms with Gasteiger partial charge in [-0.3, -0.25) is 0 Å². The number of aryl methyl sites for hydroxylation is 1. The molecule has 0 aliphatic carbocycles. The monoisotopic (exact) mass is 462 g/mol. The molecule has 1 aliphatic rings. The largest absolute Gasteiger partial charge is 0.468 e. The Balaban J connectivity index is 1.48. The van der Waals surface area contributed by atoms with Crippen LogP contribution < -0.4 is 0 Å². The summed E-state index contributed by atoms with van der Waals surface area (Å²) < 4.78 is 33.7. The Morgan fingerprint density at radius 3 is 2.81 bits per heavy atom. The molecule has 2 atom stereocenters. The fourth-order valence-electron chi connectivity index (χ4n) is 3.38. The van der Waals surface area contributed by atoms with Crippen molar-refractivity contribution in [2.45, 2.75) is 25.4 Å².